The molecule has 4 heterocycles. The molecule has 0 radical (unpaired) electrons. The zero-order chi connectivity index (χ0) is 28.8. The van der Waals surface area contributed by atoms with E-state index in [1.54, 1.807) is 0 Å². The predicted octanol–water partition coefficient (Wildman–Crippen LogP) is 11.2. The van der Waals surface area contributed by atoms with E-state index in [0.29, 0.717) is 11.8 Å². The SMILES string of the molecule is c1ccc(-c2nnc(-c3ccc(-n4c5ccccc5c5c6c7ccccc7sc6c6c7ccccc7sc6c54)cc3)o2)cc1. The third-order valence-electron chi connectivity index (χ3n) is 8.58. The van der Waals surface area contributed by atoms with Crippen LogP contribution in [0.4, 0.5) is 0 Å². The van der Waals surface area contributed by atoms with Gasteiger partial charge in [-0.3, -0.25) is 0 Å². The van der Waals surface area contributed by atoms with E-state index in [0.717, 1.165) is 16.8 Å². The van der Waals surface area contributed by atoms with Crippen molar-refractivity contribution in [1.29, 1.82) is 0 Å². The number of nitrogens with zero attached hydrogens (tertiary/aromatic N) is 3. The second-order valence-corrected chi connectivity index (χ2v) is 13.1. The fourth-order valence-corrected chi connectivity index (χ4v) is 9.26. The van der Waals surface area contributed by atoms with Crippen molar-refractivity contribution in [2.75, 3.05) is 0 Å². The van der Waals surface area contributed by atoms with Gasteiger partial charge in [-0.25, -0.2) is 0 Å². The Morgan fingerprint density at radius 2 is 1.05 bits per heavy atom. The van der Waals surface area contributed by atoms with E-state index in [1.807, 2.05) is 53.0 Å². The first-order valence-corrected chi connectivity index (χ1v) is 16.1. The number of rotatable bonds is 3. The van der Waals surface area contributed by atoms with E-state index in [4.69, 9.17) is 4.42 Å². The summed E-state index contributed by atoms with van der Waals surface area (Å²) in [7, 11) is 0. The van der Waals surface area contributed by atoms with E-state index in [-0.39, 0.29) is 0 Å². The highest BCUT2D eigenvalue weighted by atomic mass is 32.1. The van der Waals surface area contributed by atoms with Crippen molar-refractivity contribution in [2.24, 2.45) is 0 Å². The lowest BCUT2D eigenvalue weighted by atomic mass is 10.0. The minimum absolute atomic E-state index is 0.510. The van der Waals surface area contributed by atoms with Gasteiger partial charge in [0.2, 0.25) is 11.8 Å². The van der Waals surface area contributed by atoms with Crippen molar-refractivity contribution in [3.8, 4) is 28.6 Å². The molecule has 10 aromatic rings. The van der Waals surface area contributed by atoms with Crippen LogP contribution in [0, 0.1) is 0 Å². The summed E-state index contributed by atoms with van der Waals surface area (Å²) < 4.78 is 13.8. The lowest BCUT2D eigenvalue weighted by molar-refractivity contribution is 0.584. The summed E-state index contributed by atoms with van der Waals surface area (Å²) in [5.41, 5.74) is 5.35. The second-order valence-electron chi connectivity index (χ2n) is 11.0. The summed E-state index contributed by atoms with van der Waals surface area (Å²) in [5.74, 6) is 1.03. The van der Waals surface area contributed by atoms with Crippen molar-refractivity contribution < 1.29 is 4.42 Å². The van der Waals surface area contributed by atoms with Crippen molar-refractivity contribution in [3.63, 3.8) is 0 Å². The molecule has 6 aromatic carbocycles. The fourth-order valence-electron chi connectivity index (χ4n) is 6.67. The Morgan fingerprint density at radius 1 is 0.477 bits per heavy atom. The predicted molar refractivity (Wildman–Crippen MR) is 185 cm³/mol. The summed E-state index contributed by atoms with van der Waals surface area (Å²) in [6.07, 6.45) is 0. The lowest BCUT2D eigenvalue weighted by Gasteiger charge is -2.10. The molecule has 0 N–H and O–H groups in total. The quantitative estimate of drug-likeness (QED) is 0.203. The van der Waals surface area contributed by atoms with Crippen molar-refractivity contribution in [3.05, 3.63) is 127 Å². The largest absolute Gasteiger partial charge is 0.416 e. The fraction of sp³-hybridized carbons (Fsp3) is 0. The van der Waals surface area contributed by atoms with Crippen LogP contribution in [0.25, 0.3) is 90.7 Å². The highest BCUT2D eigenvalue weighted by molar-refractivity contribution is 7.30. The molecule has 206 valence electrons. The van der Waals surface area contributed by atoms with Gasteiger partial charge in [-0.1, -0.05) is 72.8 Å². The first-order chi connectivity index (χ1) is 21.8. The highest BCUT2D eigenvalue weighted by Gasteiger charge is 2.24. The Kier molecular flexibility index (Phi) is 5.00. The molecule has 0 aliphatic carbocycles. The zero-order valence-electron chi connectivity index (χ0n) is 23.2. The average molecular weight is 600 g/mol. The molecule has 0 unspecified atom stereocenters. The summed E-state index contributed by atoms with van der Waals surface area (Å²) in [5, 5.41) is 16.6. The molecule has 0 atom stereocenters. The Bertz CT molecular complexity index is 2710. The van der Waals surface area contributed by atoms with Crippen LogP contribution in [0.2, 0.25) is 0 Å². The molecule has 0 bridgehead atoms. The molecule has 0 spiro atoms. The molecule has 4 nitrogen and oxygen atoms in total. The molecule has 0 saturated heterocycles. The van der Waals surface area contributed by atoms with Gasteiger partial charge < -0.3 is 8.98 Å². The number of para-hydroxylation sites is 1. The third kappa shape index (κ3) is 3.32. The van der Waals surface area contributed by atoms with Gasteiger partial charge in [0.15, 0.2) is 0 Å². The standard InChI is InChI=1S/C38H21N3OS2/c1-2-10-22(11-3-1)37-39-40-38(42-37)23-18-20-24(21-19-23)41-28-15-7-4-12-25(28)31-32-26-13-5-8-16-29(26)43-35(32)33-27-14-6-9-17-30(27)44-36(33)34(31)41/h1-21H. The van der Waals surface area contributed by atoms with Gasteiger partial charge in [0, 0.05) is 63.2 Å². The van der Waals surface area contributed by atoms with Crippen LogP contribution >= 0.6 is 22.7 Å². The minimum Gasteiger partial charge on any atom is -0.416 e. The smallest absolute Gasteiger partial charge is 0.248 e. The van der Waals surface area contributed by atoms with Gasteiger partial charge >= 0.3 is 0 Å². The molecule has 10 rings (SSSR count). The number of benzene rings is 6. The third-order valence-corrected chi connectivity index (χ3v) is 10.9. The van der Waals surface area contributed by atoms with Gasteiger partial charge in [0.1, 0.15) is 0 Å². The number of fused-ring (bicyclic) bond motifs is 12. The van der Waals surface area contributed by atoms with Crippen LogP contribution in [0.5, 0.6) is 0 Å². The maximum atomic E-state index is 6.07. The highest BCUT2D eigenvalue weighted by Crippen LogP contribution is 2.52. The molecule has 0 saturated carbocycles. The van der Waals surface area contributed by atoms with E-state index >= 15 is 0 Å². The molecule has 6 heteroatoms. The Hall–Kier alpha value is -5.30. The van der Waals surface area contributed by atoms with Crippen molar-refractivity contribution in [2.45, 2.75) is 0 Å². The van der Waals surface area contributed by atoms with Crippen LogP contribution in [-0.4, -0.2) is 14.8 Å². The molecule has 0 aliphatic rings. The Balaban J connectivity index is 1.28. The minimum atomic E-state index is 0.510. The average Bonchev–Trinajstić information content (AvgIpc) is 3.87. The van der Waals surface area contributed by atoms with Gasteiger partial charge in [-0.15, -0.1) is 32.9 Å². The Morgan fingerprint density at radius 3 is 1.77 bits per heavy atom. The number of aromatic nitrogens is 3. The molecule has 0 fully saturated rings. The van der Waals surface area contributed by atoms with Crippen molar-refractivity contribution in [1.82, 2.24) is 14.8 Å². The van der Waals surface area contributed by atoms with Crippen LogP contribution in [-0.2, 0) is 0 Å². The van der Waals surface area contributed by atoms with E-state index in [9.17, 15) is 0 Å². The van der Waals surface area contributed by atoms with Crippen LogP contribution in [0.15, 0.2) is 132 Å². The van der Waals surface area contributed by atoms with Gasteiger partial charge in [-0.05, 0) is 54.6 Å². The summed E-state index contributed by atoms with van der Waals surface area (Å²) in [6, 6.07) is 44.9. The monoisotopic (exact) mass is 599 g/mol. The topological polar surface area (TPSA) is 43.9 Å². The molecule has 4 aromatic heterocycles. The normalized spacial score (nSPS) is 12.1. The van der Waals surface area contributed by atoms with Gasteiger partial charge in [0.05, 0.1) is 15.7 Å². The van der Waals surface area contributed by atoms with Crippen molar-refractivity contribution >= 4 is 84.8 Å². The van der Waals surface area contributed by atoms with E-state index in [1.165, 1.54) is 62.2 Å². The molecule has 0 aliphatic heterocycles. The summed E-state index contributed by atoms with van der Waals surface area (Å²) in [6.45, 7) is 0. The Labute approximate surface area is 259 Å². The van der Waals surface area contributed by atoms with Crippen LogP contribution in [0.1, 0.15) is 0 Å². The van der Waals surface area contributed by atoms with Gasteiger partial charge in [0.25, 0.3) is 0 Å². The van der Waals surface area contributed by atoms with Crippen LogP contribution < -0.4 is 0 Å². The number of hydrogen-bond donors (Lipinski definition) is 0. The second kappa shape index (κ2) is 9.10. The molecular weight excluding hydrogens is 579 g/mol. The molecular formula is C38H21N3OS2. The van der Waals surface area contributed by atoms with E-state index in [2.05, 4.69) is 112 Å². The lowest BCUT2D eigenvalue weighted by Crippen LogP contribution is -1.94. The number of thiophene rings is 2. The maximum Gasteiger partial charge on any atom is 0.248 e. The maximum absolute atomic E-state index is 6.07. The number of hydrogen-bond acceptors (Lipinski definition) is 5. The summed E-state index contributed by atoms with van der Waals surface area (Å²) in [4.78, 5) is 0. The molecule has 0 amide bonds. The first kappa shape index (κ1) is 24.2. The summed E-state index contributed by atoms with van der Waals surface area (Å²) >= 11 is 3.81. The van der Waals surface area contributed by atoms with E-state index < -0.39 is 0 Å². The molecule has 44 heavy (non-hydrogen) atoms. The van der Waals surface area contributed by atoms with Crippen LogP contribution in [0.3, 0.4) is 0 Å². The zero-order valence-corrected chi connectivity index (χ0v) is 24.8. The first-order valence-electron chi connectivity index (χ1n) is 14.5. The van der Waals surface area contributed by atoms with Gasteiger partial charge in [-0.2, -0.15) is 0 Å².